The summed E-state index contributed by atoms with van der Waals surface area (Å²) in [7, 11) is 0. The molecule has 0 aliphatic heterocycles. The Kier molecular flexibility index (Phi) is 7.44. The standard InChI is InChI=1S/C30H32N4O3S/c1-19(2)26(33(16-7-15-31)29(35)21-13-11-20(3)12-14-21)28-32-25-23-9-4-5-10-24(23)37-27(25)30(36)34(28)18-22-8-6-17-38-22/h4-6,8-14,17,19,26H,7,15-16,18,31H2,1-3H3. The van der Waals surface area contributed by atoms with Crippen molar-refractivity contribution in [2.45, 2.75) is 39.8 Å². The number of carbonyl (C=O) groups is 1. The third kappa shape index (κ3) is 4.89. The zero-order valence-corrected chi connectivity index (χ0v) is 22.7. The molecule has 0 radical (unpaired) electrons. The van der Waals surface area contributed by atoms with Crippen molar-refractivity contribution in [1.82, 2.24) is 14.5 Å². The van der Waals surface area contributed by atoms with Crippen molar-refractivity contribution in [3.05, 3.63) is 98.2 Å². The first-order valence-electron chi connectivity index (χ1n) is 12.9. The molecule has 1 amide bonds. The number of furan rings is 1. The minimum absolute atomic E-state index is 0.0285. The number of nitrogens with zero attached hydrogens (tertiary/aromatic N) is 3. The number of rotatable bonds is 9. The van der Waals surface area contributed by atoms with Crippen LogP contribution in [0.4, 0.5) is 0 Å². The average molecular weight is 529 g/mol. The molecule has 8 heteroatoms. The molecule has 1 unspecified atom stereocenters. The van der Waals surface area contributed by atoms with Crippen molar-refractivity contribution in [2.24, 2.45) is 11.7 Å². The SMILES string of the molecule is Cc1ccc(C(=O)N(CCCN)C(c2nc3c(oc4ccccc43)c(=O)n2Cc2cccs2)C(C)C)cc1. The lowest BCUT2D eigenvalue weighted by Gasteiger charge is -2.35. The van der Waals surface area contributed by atoms with Gasteiger partial charge in [-0.15, -0.1) is 11.3 Å². The van der Waals surface area contributed by atoms with Gasteiger partial charge in [-0.25, -0.2) is 4.98 Å². The summed E-state index contributed by atoms with van der Waals surface area (Å²) < 4.78 is 7.68. The highest BCUT2D eigenvalue weighted by molar-refractivity contribution is 7.09. The Labute approximate surface area is 225 Å². The van der Waals surface area contributed by atoms with Crippen LogP contribution in [0.1, 0.15) is 52.9 Å². The molecular formula is C30H32N4O3S. The molecule has 0 saturated heterocycles. The van der Waals surface area contributed by atoms with Crippen LogP contribution < -0.4 is 11.3 Å². The normalized spacial score (nSPS) is 12.4. The van der Waals surface area contributed by atoms with Gasteiger partial charge in [-0.2, -0.15) is 0 Å². The summed E-state index contributed by atoms with van der Waals surface area (Å²) in [4.78, 5) is 35.9. The van der Waals surface area contributed by atoms with Gasteiger partial charge in [-0.3, -0.25) is 14.2 Å². The van der Waals surface area contributed by atoms with Crippen LogP contribution in [0.2, 0.25) is 0 Å². The molecule has 0 saturated carbocycles. The lowest BCUT2D eigenvalue weighted by Crippen LogP contribution is -2.42. The first-order chi connectivity index (χ1) is 18.4. The fourth-order valence-corrected chi connectivity index (χ4v) is 5.61. The largest absolute Gasteiger partial charge is 0.448 e. The zero-order chi connectivity index (χ0) is 26.8. The van der Waals surface area contributed by atoms with E-state index in [0.29, 0.717) is 48.5 Å². The van der Waals surface area contributed by atoms with Crippen LogP contribution in [-0.2, 0) is 6.54 Å². The number of benzene rings is 2. The fourth-order valence-electron chi connectivity index (χ4n) is 4.91. The number of hydrogen-bond donors (Lipinski definition) is 1. The van der Waals surface area contributed by atoms with E-state index in [0.717, 1.165) is 15.8 Å². The molecule has 0 fully saturated rings. The second kappa shape index (κ2) is 10.9. The molecule has 5 aromatic rings. The molecule has 0 aliphatic carbocycles. The number of para-hydroxylation sites is 1. The highest BCUT2D eigenvalue weighted by atomic mass is 32.1. The maximum atomic E-state index is 14.0. The summed E-state index contributed by atoms with van der Waals surface area (Å²) in [6, 6.07) is 18.6. The van der Waals surface area contributed by atoms with Crippen LogP contribution in [0.5, 0.6) is 0 Å². The average Bonchev–Trinajstić information content (AvgIpc) is 3.56. The quantitative estimate of drug-likeness (QED) is 0.263. The van der Waals surface area contributed by atoms with Gasteiger partial charge in [0.05, 0.1) is 12.6 Å². The van der Waals surface area contributed by atoms with Crippen molar-refractivity contribution in [3.8, 4) is 0 Å². The van der Waals surface area contributed by atoms with Gasteiger partial charge in [0.2, 0.25) is 5.58 Å². The third-order valence-electron chi connectivity index (χ3n) is 6.80. The monoisotopic (exact) mass is 528 g/mol. The number of aryl methyl sites for hydroxylation is 1. The smallest absolute Gasteiger partial charge is 0.297 e. The molecule has 2 N–H and O–H groups in total. The van der Waals surface area contributed by atoms with E-state index in [2.05, 4.69) is 13.8 Å². The number of thiophene rings is 1. The molecule has 5 rings (SSSR count). The summed E-state index contributed by atoms with van der Waals surface area (Å²) >= 11 is 1.58. The van der Waals surface area contributed by atoms with E-state index >= 15 is 0 Å². The topological polar surface area (TPSA) is 94.4 Å². The minimum Gasteiger partial charge on any atom is -0.448 e. The number of aromatic nitrogens is 2. The predicted molar refractivity (Wildman–Crippen MR) is 153 cm³/mol. The molecule has 38 heavy (non-hydrogen) atoms. The van der Waals surface area contributed by atoms with E-state index in [1.54, 1.807) is 15.9 Å². The van der Waals surface area contributed by atoms with Gasteiger partial charge < -0.3 is 15.1 Å². The molecule has 3 heterocycles. The Morgan fingerprint density at radius 2 is 1.87 bits per heavy atom. The maximum Gasteiger partial charge on any atom is 0.297 e. The van der Waals surface area contributed by atoms with Crippen LogP contribution in [-0.4, -0.2) is 33.4 Å². The fraction of sp³-hybridized carbons (Fsp3) is 0.300. The van der Waals surface area contributed by atoms with Crippen LogP contribution in [0.3, 0.4) is 0 Å². The van der Waals surface area contributed by atoms with E-state index in [1.807, 2.05) is 77.9 Å². The van der Waals surface area contributed by atoms with Gasteiger partial charge in [-0.1, -0.05) is 49.7 Å². The second-order valence-electron chi connectivity index (χ2n) is 9.91. The van der Waals surface area contributed by atoms with Gasteiger partial charge in [0.15, 0.2) is 0 Å². The van der Waals surface area contributed by atoms with Crippen molar-refractivity contribution < 1.29 is 9.21 Å². The van der Waals surface area contributed by atoms with Gasteiger partial charge in [0.1, 0.15) is 16.9 Å². The lowest BCUT2D eigenvalue weighted by atomic mass is 9.99. The Bertz CT molecular complexity index is 1620. The third-order valence-corrected chi connectivity index (χ3v) is 7.66. The summed E-state index contributed by atoms with van der Waals surface area (Å²) in [6.45, 7) is 7.35. The highest BCUT2D eigenvalue weighted by Crippen LogP contribution is 2.33. The minimum atomic E-state index is -0.457. The van der Waals surface area contributed by atoms with Crippen LogP contribution in [0, 0.1) is 12.8 Å². The molecule has 0 spiro atoms. The van der Waals surface area contributed by atoms with Crippen LogP contribution in [0.25, 0.3) is 22.1 Å². The molecule has 7 nitrogen and oxygen atoms in total. The first-order valence-corrected chi connectivity index (χ1v) is 13.8. The van der Waals surface area contributed by atoms with E-state index in [4.69, 9.17) is 15.1 Å². The molecule has 3 aromatic heterocycles. The van der Waals surface area contributed by atoms with E-state index in [-0.39, 0.29) is 23.0 Å². The Hall–Kier alpha value is -3.75. The zero-order valence-electron chi connectivity index (χ0n) is 21.9. The maximum absolute atomic E-state index is 14.0. The molecule has 0 bridgehead atoms. The number of hydrogen-bond acceptors (Lipinski definition) is 6. The van der Waals surface area contributed by atoms with Crippen molar-refractivity contribution in [1.29, 1.82) is 0 Å². The number of amides is 1. The second-order valence-corrected chi connectivity index (χ2v) is 10.9. The summed E-state index contributed by atoms with van der Waals surface area (Å²) in [5, 5.41) is 2.77. The number of nitrogens with two attached hydrogens (primary N) is 1. The summed E-state index contributed by atoms with van der Waals surface area (Å²) in [5.74, 6) is 0.417. The van der Waals surface area contributed by atoms with Gasteiger partial charge in [0.25, 0.3) is 11.5 Å². The molecule has 1 atom stereocenters. The van der Waals surface area contributed by atoms with E-state index < -0.39 is 6.04 Å². The van der Waals surface area contributed by atoms with E-state index in [9.17, 15) is 9.59 Å². The Morgan fingerprint density at radius 1 is 1.11 bits per heavy atom. The molecule has 196 valence electrons. The Morgan fingerprint density at radius 3 is 2.55 bits per heavy atom. The first kappa shape index (κ1) is 25.9. The highest BCUT2D eigenvalue weighted by Gasteiger charge is 2.33. The van der Waals surface area contributed by atoms with Gasteiger partial charge in [-0.05, 0) is 61.5 Å². The van der Waals surface area contributed by atoms with Crippen LogP contribution in [0.15, 0.2) is 75.3 Å². The van der Waals surface area contributed by atoms with Gasteiger partial charge in [0, 0.05) is 22.4 Å². The van der Waals surface area contributed by atoms with Crippen molar-refractivity contribution in [2.75, 3.05) is 13.1 Å². The number of fused-ring (bicyclic) bond motifs is 3. The van der Waals surface area contributed by atoms with Crippen LogP contribution >= 0.6 is 11.3 Å². The molecular weight excluding hydrogens is 496 g/mol. The molecule has 0 aliphatic rings. The van der Waals surface area contributed by atoms with Gasteiger partial charge >= 0.3 is 0 Å². The summed E-state index contributed by atoms with van der Waals surface area (Å²) in [6.07, 6.45) is 0.632. The molecule has 2 aromatic carbocycles. The summed E-state index contributed by atoms with van der Waals surface area (Å²) in [5.41, 5.74) is 8.70. The predicted octanol–water partition coefficient (Wildman–Crippen LogP) is 5.75. The lowest BCUT2D eigenvalue weighted by molar-refractivity contribution is 0.0603. The van der Waals surface area contributed by atoms with Crippen molar-refractivity contribution in [3.63, 3.8) is 0 Å². The Balaban J connectivity index is 1.74. The number of carbonyl (C=O) groups excluding carboxylic acids is 1. The van der Waals surface area contributed by atoms with Crippen molar-refractivity contribution >= 4 is 39.3 Å². The van der Waals surface area contributed by atoms with E-state index in [1.165, 1.54) is 0 Å².